The summed E-state index contributed by atoms with van der Waals surface area (Å²) in [6, 6.07) is 3.78. The maximum absolute atomic E-state index is 11.8. The molecule has 0 saturated carbocycles. The van der Waals surface area contributed by atoms with E-state index in [1.807, 2.05) is 18.2 Å². The molecule has 0 aliphatic rings. The Bertz CT molecular complexity index is 530. The van der Waals surface area contributed by atoms with E-state index in [1.165, 1.54) is 7.11 Å². The summed E-state index contributed by atoms with van der Waals surface area (Å²) in [6.45, 7) is 4.25. The summed E-state index contributed by atoms with van der Waals surface area (Å²) in [4.78, 5) is 11.8. The van der Waals surface area contributed by atoms with Gasteiger partial charge >= 0.3 is 5.97 Å². The first-order valence-corrected chi connectivity index (χ1v) is 7.48. The molecule has 1 aromatic carbocycles. The van der Waals surface area contributed by atoms with Crippen LogP contribution in [0.4, 0.5) is 5.69 Å². The summed E-state index contributed by atoms with van der Waals surface area (Å²) in [7, 11) is 1.37. The molecule has 114 valence electrons. The van der Waals surface area contributed by atoms with Crippen LogP contribution in [0.25, 0.3) is 12.2 Å². The molecule has 3 nitrogen and oxygen atoms in total. The van der Waals surface area contributed by atoms with Crippen molar-refractivity contribution < 1.29 is 9.53 Å². The zero-order valence-corrected chi connectivity index (χ0v) is 13.2. The maximum Gasteiger partial charge on any atom is 0.339 e. The van der Waals surface area contributed by atoms with E-state index in [1.54, 1.807) is 6.07 Å². The third kappa shape index (κ3) is 5.10. The molecule has 0 fully saturated rings. The van der Waals surface area contributed by atoms with Crippen molar-refractivity contribution in [3.63, 3.8) is 0 Å². The van der Waals surface area contributed by atoms with Gasteiger partial charge in [0.2, 0.25) is 0 Å². The topological polar surface area (TPSA) is 52.3 Å². The van der Waals surface area contributed by atoms with Crippen molar-refractivity contribution in [2.45, 2.75) is 39.5 Å². The second-order valence-electron chi connectivity index (χ2n) is 4.95. The van der Waals surface area contributed by atoms with E-state index >= 15 is 0 Å². The van der Waals surface area contributed by atoms with Gasteiger partial charge in [-0.15, -0.1) is 0 Å². The molecule has 0 aromatic heterocycles. The lowest BCUT2D eigenvalue weighted by Crippen LogP contribution is -2.07. The SMILES string of the molecule is CCC/C=C/c1cc(/C=C/CCC)c(N)c(C(=O)OC)c1. The number of rotatable bonds is 7. The molecule has 0 heterocycles. The number of ether oxygens (including phenoxy) is 1. The van der Waals surface area contributed by atoms with E-state index in [-0.39, 0.29) is 0 Å². The molecule has 0 spiro atoms. The number of esters is 1. The van der Waals surface area contributed by atoms with Crippen LogP contribution in [0.15, 0.2) is 24.3 Å². The Labute approximate surface area is 127 Å². The predicted octanol–water partition coefficient (Wildman–Crippen LogP) is 4.68. The van der Waals surface area contributed by atoms with Gasteiger partial charge in [-0.3, -0.25) is 0 Å². The third-order valence-electron chi connectivity index (χ3n) is 3.16. The Balaban J connectivity index is 3.21. The number of hydrogen-bond donors (Lipinski definition) is 1. The highest BCUT2D eigenvalue weighted by molar-refractivity contribution is 5.98. The lowest BCUT2D eigenvalue weighted by Gasteiger charge is -2.09. The molecule has 0 amide bonds. The van der Waals surface area contributed by atoms with Crippen LogP contribution < -0.4 is 5.73 Å². The Morgan fingerprint density at radius 2 is 1.76 bits per heavy atom. The molecule has 0 aliphatic carbocycles. The smallest absolute Gasteiger partial charge is 0.339 e. The summed E-state index contributed by atoms with van der Waals surface area (Å²) in [5.74, 6) is -0.400. The van der Waals surface area contributed by atoms with Gasteiger partial charge in [0.25, 0.3) is 0 Å². The quantitative estimate of drug-likeness (QED) is 0.585. The van der Waals surface area contributed by atoms with Crippen LogP contribution >= 0.6 is 0 Å². The number of nitrogens with two attached hydrogens (primary N) is 1. The minimum Gasteiger partial charge on any atom is -0.465 e. The minimum absolute atomic E-state index is 0.400. The van der Waals surface area contributed by atoms with Crippen LogP contribution in [0.5, 0.6) is 0 Å². The molecule has 0 bridgehead atoms. The standard InChI is InChI=1S/C18H25NO2/c1-4-6-8-10-14-12-15(11-9-7-5-2)17(19)16(13-14)18(20)21-3/h8-13H,4-7,19H2,1-3H3/b10-8+,11-9+. The van der Waals surface area contributed by atoms with Crippen molar-refractivity contribution in [2.75, 3.05) is 12.8 Å². The molecule has 2 N–H and O–H groups in total. The fourth-order valence-electron chi connectivity index (χ4n) is 1.97. The summed E-state index contributed by atoms with van der Waals surface area (Å²) < 4.78 is 4.81. The number of carbonyl (C=O) groups excluding carboxylic acids is 1. The van der Waals surface area contributed by atoms with E-state index in [2.05, 4.69) is 26.0 Å². The predicted molar refractivity (Wildman–Crippen MR) is 90.1 cm³/mol. The highest BCUT2D eigenvalue weighted by Gasteiger charge is 2.13. The summed E-state index contributed by atoms with van der Waals surface area (Å²) >= 11 is 0. The average Bonchev–Trinajstić information content (AvgIpc) is 2.49. The zero-order valence-electron chi connectivity index (χ0n) is 13.2. The molecule has 0 saturated heterocycles. The van der Waals surface area contributed by atoms with E-state index < -0.39 is 5.97 Å². The van der Waals surface area contributed by atoms with Crippen LogP contribution in [-0.4, -0.2) is 13.1 Å². The number of benzene rings is 1. The lowest BCUT2D eigenvalue weighted by molar-refractivity contribution is 0.0602. The van der Waals surface area contributed by atoms with Gasteiger partial charge in [-0.25, -0.2) is 4.79 Å². The second-order valence-corrected chi connectivity index (χ2v) is 4.95. The number of anilines is 1. The van der Waals surface area contributed by atoms with Crippen molar-refractivity contribution in [3.8, 4) is 0 Å². The first-order valence-electron chi connectivity index (χ1n) is 7.48. The summed E-state index contributed by atoms with van der Waals surface area (Å²) in [5, 5.41) is 0. The van der Waals surface area contributed by atoms with Gasteiger partial charge in [0.1, 0.15) is 0 Å². The minimum atomic E-state index is -0.400. The summed E-state index contributed by atoms with van der Waals surface area (Å²) in [6.07, 6.45) is 12.4. The Morgan fingerprint density at radius 3 is 2.33 bits per heavy atom. The molecule has 1 aromatic rings. The van der Waals surface area contributed by atoms with E-state index in [9.17, 15) is 4.79 Å². The zero-order chi connectivity index (χ0) is 15.7. The summed E-state index contributed by atoms with van der Waals surface area (Å²) in [5.41, 5.74) is 8.82. The fraction of sp³-hybridized carbons (Fsp3) is 0.389. The van der Waals surface area contributed by atoms with Crippen LogP contribution in [0.3, 0.4) is 0 Å². The van der Waals surface area contributed by atoms with Gasteiger partial charge in [-0.2, -0.15) is 0 Å². The Kier molecular flexibility index (Phi) is 7.30. The lowest BCUT2D eigenvalue weighted by atomic mass is 10.0. The van der Waals surface area contributed by atoms with Gasteiger partial charge < -0.3 is 10.5 Å². The number of hydrogen-bond acceptors (Lipinski definition) is 3. The molecule has 1 rings (SSSR count). The van der Waals surface area contributed by atoms with Crippen molar-refractivity contribution in [2.24, 2.45) is 0 Å². The first-order chi connectivity index (χ1) is 10.1. The van der Waals surface area contributed by atoms with E-state index in [0.717, 1.165) is 36.8 Å². The fourth-order valence-corrected chi connectivity index (χ4v) is 1.97. The van der Waals surface area contributed by atoms with Crippen molar-refractivity contribution >= 4 is 23.8 Å². The van der Waals surface area contributed by atoms with Crippen LogP contribution in [0.1, 0.15) is 61.0 Å². The monoisotopic (exact) mass is 287 g/mol. The normalized spacial score (nSPS) is 11.4. The van der Waals surface area contributed by atoms with Crippen molar-refractivity contribution in [1.29, 1.82) is 0 Å². The number of allylic oxidation sites excluding steroid dienone is 2. The van der Waals surface area contributed by atoms with Crippen molar-refractivity contribution in [3.05, 3.63) is 41.0 Å². The Morgan fingerprint density at radius 1 is 1.14 bits per heavy atom. The molecular formula is C18H25NO2. The van der Waals surface area contributed by atoms with E-state index in [4.69, 9.17) is 10.5 Å². The molecule has 21 heavy (non-hydrogen) atoms. The van der Waals surface area contributed by atoms with E-state index in [0.29, 0.717) is 11.3 Å². The van der Waals surface area contributed by atoms with Crippen LogP contribution in [0, 0.1) is 0 Å². The van der Waals surface area contributed by atoms with Gasteiger partial charge in [0.15, 0.2) is 0 Å². The molecule has 0 atom stereocenters. The highest BCUT2D eigenvalue weighted by Crippen LogP contribution is 2.24. The third-order valence-corrected chi connectivity index (χ3v) is 3.16. The molecular weight excluding hydrogens is 262 g/mol. The highest BCUT2D eigenvalue weighted by atomic mass is 16.5. The number of unbranched alkanes of at least 4 members (excludes halogenated alkanes) is 2. The molecule has 3 heteroatoms. The van der Waals surface area contributed by atoms with Gasteiger partial charge in [0, 0.05) is 0 Å². The number of methoxy groups -OCH3 is 1. The maximum atomic E-state index is 11.8. The van der Waals surface area contributed by atoms with Gasteiger partial charge in [-0.1, -0.05) is 51.0 Å². The average molecular weight is 287 g/mol. The second kappa shape index (κ2) is 9.01. The van der Waals surface area contributed by atoms with Crippen LogP contribution in [0.2, 0.25) is 0 Å². The molecule has 0 aliphatic heterocycles. The van der Waals surface area contributed by atoms with Crippen molar-refractivity contribution in [1.82, 2.24) is 0 Å². The number of carbonyl (C=O) groups is 1. The Hall–Kier alpha value is -2.03. The largest absolute Gasteiger partial charge is 0.465 e. The van der Waals surface area contributed by atoms with Crippen LogP contribution in [-0.2, 0) is 4.74 Å². The molecule has 0 radical (unpaired) electrons. The first kappa shape index (κ1) is 17.0. The van der Waals surface area contributed by atoms with Gasteiger partial charge in [-0.05, 0) is 36.1 Å². The number of nitrogen functional groups attached to an aromatic ring is 1. The molecule has 0 unspecified atom stereocenters. The van der Waals surface area contributed by atoms with Gasteiger partial charge in [0.05, 0.1) is 18.4 Å².